The van der Waals surface area contributed by atoms with E-state index in [4.69, 9.17) is 16.0 Å². The van der Waals surface area contributed by atoms with E-state index in [1.54, 1.807) is 27.9 Å². The number of aromatic nitrogens is 5. The Labute approximate surface area is 184 Å². The normalized spacial score (nSPS) is 11.1. The van der Waals surface area contributed by atoms with E-state index >= 15 is 0 Å². The molecule has 0 atom stereocenters. The van der Waals surface area contributed by atoms with Gasteiger partial charge in [0.2, 0.25) is 11.8 Å². The van der Waals surface area contributed by atoms with Gasteiger partial charge in [-0.15, -0.1) is 15.3 Å². The van der Waals surface area contributed by atoms with Gasteiger partial charge in [0.25, 0.3) is 5.91 Å². The van der Waals surface area contributed by atoms with Crippen LogP contribution in [0, 0.1) is 0 Å². The minimum absolute atomic E-state index is 0.109. The highest BCUT2D eigenvalue weighted by atomic mass is 35.5. The highest BCUT2D eigenvalue weighted by Crippen LogP contribution is 2.26. The van der Waals surface area contributed by atoms with Gasteiger partial charge in [0.15, 0.2) is 5.69 Å². The van der Waals surface area contributed by atoms with Crippen LogP contribution in [0.5, 0.6) is 0 Å². The molecule has 31 heavy (non-hydrogen) atoms. The second-order valence-electron chi connectivity index (χ2n) is 7.29. The molecule has 4 aromatic rings. The quantitative estimate of drug-likeness (QED) is 0.433. The third kappa shape index (κ3) is 4.80. The molecule has 9 heteroatoms. The largest absolute Gasteiger partial charge is 0.419 e. The van der Waals surface area contributed by atoms with Crippen molar-refractivity contribution in [3.63, 3.8) is 0 Å². The van der Waals surface area contributed by atoms with Crippen molar-refractivity contribution in [3.8, 4) is 11.5 Å². The molecule has 4 rings (SSSR count). The minimum Gasteiger partial charge on any atom is -0.419 e. The van der Waals surface area contributed by atoms with Gasteiger partial charge in [-0.05, 0) is 31.5 Å². The Balaban J connectivity index is 1.49. The fourth-order valence-electron chi connectivity index (χ4n) is 3.09. The number of carbonyl (C=O) groups is 1. The lowest BCUT2D eigenvalue weighted by atomic mass is 10.2. The minimum atomic E-state index is -0.258. The molecule has 0 fully saturated rings. The second kappa shape index (κ2) is 9.09. The van der Waals surface area contributed by atoms with Crippen LogP contribution >= 0.6 is 11.6 Å². The summed E-state index contributed by atoms with van der Waals surface area (Å²) in [7, 11) is 0. The first-order valence-corrected chi connectivity index (χ1v) is 10.2. The van der Waals surface area contributed by atoms with Crippen LogP contribution in [0.4, 0.5) is 0 Å². The lowest BCUT2D eigenvalue weighted by molar-refractivity contribution is 0.0666. The van der Waals surface area contributed by atoms with Crippen molar-refractivity contribution in [2.45, 2.75) is 33.0 Å². The molecule has 0 aliphatic rings. The van der Waals surface area contributed by atoms with Crippen molar-refractivity contribution in [1.82, 2.24) is 30.1 Å². The van der Waals surface area contributed by atoms with E-state index in [0.29, 0.717) is 28.9 Å². The number of benzene rings is 2. The van der Waals surface area contributed by atoms with E-state index in [2.05, 4.69) is 20.5 Å². The van der Waals surface area contributed by atoms with Crippen molar-refractivity contribution in [2.75, 3.05) is 0 Å². The first kappa shape index (κ1) is 20.7. The van der Waals surface area contributed by atoms with Gasteiger partial charge < -0.3 is 9.32 Å². The first-order valence-electron chi connectivity index (χ1n) is 9.83. The highest BCUT2D eigenvalue weighted by Gasteiger charge is 2.24. The molecule has 0 aliphatic carbocycles. The zero-order valence-corrected chi connectivity index (χ0v) is 17.9. The maximum absolute atomic E-state index is 13.1. The summed E-state index contributed by atoms with van der Waals surface area (Å²) in [6, 6.07) is 17.0. The van der Waals surface area contributed by atoms with E-state index < -0.39 is 0 Å². The van der Waals surface area contributed by atoms with Crippen LogP contribution < -0.4 is 0 Å². The number of carbonyl (C=O) groups excluding carboxylic acids is 1. The molecule has 0 unspecified atom stereocenters. The Morgan fingerprint density at radius 2 is 1.81 bits per heavy atom. The SMILES string of the molecule is CC(C)N(Cc1nnc(-c2ccccc2Cl)o1)C(=O)c1cn(Cc2ccccc2)nn1. The number of rotatable bonds is 7. The van der Waals surface area contributed by atoms with Crippen molar-refractivity contribution >= 4 is 17.5 Å². The molecule has 0 saturated heterocycles. The fourth-order valence-corrected chi connectivity index (χ4v) is 3.30. The lowest BCUT2D eigenvalue weighted by Gasteiger charge is -2.24. The number of nitrogens with zero attached hydrogens (tertiary/aromatic N) is 6. The molecule has 2 heterocycles. The molecule has 0 saturated carbocycles. The Morgan fingerprint density at radius 1 is 1.06 bits per heavy atom. The van der Waals surface area contributed by atoms with Crippen LogP contribution in [0.3, 0.4) is 0 Å². The standard InChI is InChI=1S/C22H21ClN6O2/c1-15(2)29(14-20-25-26-21(31-20)17-10-6-7-11-18(17)23)22(30)19-13-28(27-24-19)12-16-8-4-3-5-9-16/h3-11,13,15H,12,14H2,1-2H3. The van der Waals surface area contributed by atoms with Gasteiger partial charge in [-0.1, -0.05) is 59.3 Å². The van der Waals surface area contributed by atoms with E-state index in [1.807, 2.05) is 56.3 Å². The van der Waals surface area contributed by atoms with Gasteiger partial charge in [0.05, 0.1) is 29.9 Å². The van der Waals surface area contributed by atoms with E-state index in [-0.39, 0.29) is 24.2 Å². The molecule has 0 aliphatic heterocycles. The second-order valence-corrected chi connectivity index (χ2v) is 7.70. The topological polar surface area (TPSA) is 89.9 Å². The van der Waals surface area contributed by atoms with Gasteiger partial charge in [-0.3, -0.25) is 4.79 Å². The predicted molar refractivity (Wildman–Crippen MR) is 115 cm³/mol. The molecular weight excluding hydrogens is 416 g/mol. The molecule has 0 bridgehead atoms. The summed E-state index contributed by atoms with van der Waals surface area (Å²) >= 11 is 6.21. The Kier molecular flexibility index (Phi) is 6.08. The number of hydrogen-bond acceptors (Lipinski definition) is 6. The molecule has 8 nitrogen and oxygen atoms in total. The third-order valence-corrected chi connectivity index (χ3v) is 5.04. The number of amides is 1. The van der Waals surface area contributed by atoms with Gasteiger partial charge >= 0.3 is 0 Å². The van der Waals surface area contributed by atoms with E-state index in [1.165, 1.54) is 0 Å². The molecule has 158 valence electrons. The molecule has 0 spiro atoms. The van der Waals surface area contributed by atoms with Crippen molar-refractivity contribution in [1.29, 1.82) is 0 Å². The molecule has 2 aromatic carbocycles. The van der Waals surface area contributed by atoms with E-state index in [0.717, 1.165) is 5.56 Å². The van der Waals surface area contributed by atoms with Crippen LogP contribution in [0.2, 0.25) is 5.02 Å². The lowest BCUT2D eigenvalue weighted by Crippen LogP contribution is -2.36. The van der Waals surface area contributed by atoms with Crippen LogP contribution in [0.25, 0.3) is 11.5 Å². The molecule has 0 N–H and O–H groups in total. The Bertz CT molecular complexity index is 1170. The first-order chi connectivity index (χ1) is 15.0. The summed E-state index contributed by atoms with van der Waals surface area (Å²) in [5.41, 5.74) is 1.98. The van der Waals surface area contributed by atoms with Crippen LogP contribution in [-0.2, 0) is 13.1 Å². The summed E-state index contributed by atoms with van der Waals surface area (Å²) < 4.78 is 7.40. The van der Waals surface area contributed by atoms with Gasteiger partial charge in [-0.2, -0.15) is 0 Å². The van der Waals surface area contributed by atoms with E-state index in [9.17, 15) is 4.79 Å². The number of hydrogen-bond donors (Lipinski definition) is 0. The van der Waals surface area contributed by atoms with Crippen molar-refractivity contribution < 1.29 is 9.21 Å². The van der Waals surface area contributed by atoms with Gasteiger partial charge in [0.1, 0.15) is 0 Å². The smallest absolute Gasteiger partial charge is 0.276 e. The highest BCUT2D eigenvalue weighted by molar-refractivity contribution is 6.33. The fraction of sp³-hybridized carbons (Fsp3) is 0.227. The van der Waals surface area contributed by atoms with Crippen LogP contribution in [0.15, 0.2) is 65.2 Å². The van der Waals surface area contributed by atoms with Crippen molar-refractivity contribution in [3.05, 3.63) is 83.0 Å². The number of halogens is 1. The van der Waals surface area contributed by atoms with Gasteiger partial charge in [0, 0.05) is 6.04 Å². The summed E-state index contributed by atoms with van der Waals surface area (Å²) in [5.74, 6) is 0.367. The van der Waals surface area contributed by atoms with Gasteiger partial charge in [-0.25, -0.2) is 4.68 Å². The third-order valence-electron chi connectivity index (χ3n) is 4.71. The Morgan fingerprint density at radius 3 is 2.55 bits per heavy atom. The van der Waals surface area contributed by atoms with Crippen LogP contribution in [0.1, 0.15) is 35.8 Å². The average molecular weight is 437 g/mol. The maximum Gasteiger partial charge on any atom is 0.276 e. The Hall–Kier alpha value is -3.52. The summed E-state index contributed by atoms with van der Waals surface area (Å²) in [4.78, 5) is 14.7. The summed E-state index contributed by atoms with van der Waals surface area (Å²) in [5, 5.41) is 16.8. The summed E-state index contributed by atoms with van der Waals surface area (Å²) in [6.45, 7) is 4.52. The molecule has 2 aromatic heterocycles. The van der Waals surface area contributed by atoms with Crippen LogP contribution in [-0.4, -0.2) is 42.0 Å². The summed E-state index contributed by atoms with van der Waals surface area (Å²) in [6.07, 6.45) is 1.65. The zero-order valence-electron chi connectivity index (χ0n) is 17.1. The molecular formula is C22H21ClN6O2. The maximum atomic E-state index is 13.1. The average Bonchev–Trinajstić information content (AvgIpc) is 3.42. The molecule has 1 amide bonds. The monoisotopic (exact) mass is 436 g/mol. The molecule has 0 radical (unpaired) electrons. The predicted octanol–water partition coefficient (Wildman–Crippen LogP) is 4.08. The zero-order chi connectivity index (χ0) is 21.8. The van der Waals surface area contributed by atoms with Crippen molar-refractivity contribution in [2.24, 2.45) is 0 Å².